The molecule has 0 spiro atoms. The Hall–Kier alpha value is -4.22. The number of fused-ring (bicyclic) bond motifs is 2. The number of carboxylic acid groups (broad SMARTS) is 2. The van der Waals surface area contributed by atoms with Gasteiger partial charge in [0.25, 0.3) is 11.8 Å². The van der Waals surface area contributed by atoms with Crippen molar-refractivity contribution in [2.45, 2.75) is 31.0 Å². The zero-order chi connectivity index (χ0) is 29.6. The Kier molecular flexibility index (Phi) is 7.58. The van der Waals surface area contributed by atoms with E-state index >= 15 is 0 Å². The van der Waals surface area contributed by atoms with E-state index in [1.807, 2.05) is 28.3 Å². The number of nitrogens with one attached hydrogen (secondary N) is 1. The van der Waals surface area contributed by atoms with Crippen molar-refractivity contribution in [1.82, 2.24) is 24.8 Å². The third-order valence-electron chi connectivity index (χ3n) is 6.34. The van der Waals surface area contributed by atoms with Gasteiger partial charge in [-0.1, -0.05) is 28.1 Å². The topological polar surface area (TPSA) is 206 Å². The molecule has 2 aliphatic rings. The maximum Gasteiger partial charge on any atom is 0.352 e. The molecule has 18 heteroatoms. The smallest absolute Gasteiger partial charge is 0.352 e. The summed E-state index contributed by atoms with van der Waals surface area (Å²) in [5.41, 5.74) is 6.90. The first-order chi connectivity index (χ1) is 19.5. The number of hydrogen-bond acceptors (Lipinski definition) is 11. The van der Waals surface area contributed by atoms with E-state index in [-0.39, 0.29) is 33.2 Å². The molecule has 0 aliphatic carbocycles. The van der Waals surface area contributed by atoms with Crippen LogP contribution in [0, 0.1) is 0 Å². The first-order valence-corrected chi connectivity index (χ1v) is 14.1. The molecule has 0 aromatic carbocycles. The van der Waals surface area contributed by atoms with Gasteiger partial charge in [-0.3, -0.25) is 14.5 Å². The van der Waals surface area contributed by atoms with E-state index in [2.05, 4.69) is 20.4 Å². The molecule has 1 fully saturated rings. The number of carbonyl (C=O) groups excluding carboxylic acids is 2. The molecule has 5 heterocycles. The van der Waals surface area contributed by atoms with Crippen molar-refractivity contribution in [2.24, 2.45) is 12.2 Å². The van der Waals surface area contributed by atoms with Gasteiger partial charge in [0.2, 0.25) is 12.4 Å². The summed E-state index contributed by atoms with van der Waals surface area (Å²) in [6.45, 7) is 1.39. The molecule has 41 heavy (non-hydrogen) atoms. The molecule has 2 amide bonds. The molecule has 3 atom stereocenters. The molecule has 0 saturated carbocycles. The monoisotopic (exact) mass is 621 g/mol. The van der Waals surface area contributed by atoms with Gasteiger partial charge in [-0.05, 0) is 24.0 Å². The number of nitrogen functional groups attached to an aromatic ring is 1. The average molecular weight is 622 g/mol. The molecule has 0 bridgehead atoms. The lowest BCUT2D eigenvalue weighted by atomic mass is 10.0. The number of aliphatic carboxylic acids is 2. The largest absolute Gasteiger partial charge is 0.478 e. The highest BCUT2D eigenvalue weighted by atomic mass is 35.5. The van der Waals surface area contributed by atoms with Crippen molar-refractivity contribution in [2.75, 3.05) is 11.5 Å². The molecular formula is C23H22ClN8O7S2+. The van der Waals surface area contributed by atoms with Crippen LogP contribution >= 0.6 is 34.7 Å². The Morgan fingerprint density at radius 2 is 2.15 bits per heavy atom. The van der Waals surface area contributed by atoms with Crippen LogP contribution in [-0.4, -0.2) is 82.4 Å². The number of anilines is 1. The van der Waals surface area contributed by atoms with E-state index in [4.69, 9.17) is 27.3 Å². The lowest BCUT2D eigenvalue weighted by Crippen LogP contribution is -2.71. The number of thioether (sulfide) groups is 1. The second kappa shape index (κ2) is 11.0. The molecule has 2 unspecified atom stereocenters. The number of nitrogens with zero attached hydrogens (tertiary/aromatic N) is 6. The number of nitrogens with two attached hydrogens (primary N) is 1. The fourth-order valence-corrected chi connectivity index (χ4v) is 6.59. The lowest BCUT2D eigenvalue weighted by molar-refractivity contribution is -0.664. The van der Waals surface area contributed by atoms with Crippen LogP contribution in [0.5, 0.6) is 0 Å². The quantitative estimate of drug-likeness (QED) is 0.110. The zero-order valence-electron chi connectivity index (χ0n) is 21.3. The molecule has 2 aliphatic heterocycles. The maximum absolute atomic E-state index is 13.2. The van der Waals surface area contributed by atoms with Crippen LogP contribution in [0.25, 0.3) is 11.2 Å². The number of carbonyl (C=O) groups is 4. The minimum atomic E-state index is -1.40. The van der Waals surface area contributed by atoms with E-state index in [9.17, 15) is 24.3 Å². The number of carboxylic acids is 2. The number of oxime groups is 1. The summed E-state index contributed by atoms with van der Waals surface area (Å²) in [6.07, 6.45) is 2.03. The minimum absolute atomic E-state index is 0.00209. The summed E-state index contributed by atoms with van der Waals surface area (Å²) < 4.78 is 3.65. The molecule has 214 valence electrons. The van der Waals surface area contributed by atoms with Crippen molar-refractivity contribution in [1.29, 1.82) is 0 Å². The van der Waals surface area contributed by atoms with Crippen LogP contribution in [0.2, 0.25) is 4.34 Å². The SMILES string of the molecule is C[C@H](ON=C(C(=O)NC1C(=O)N2C(C(=O)O)=C(C[n+]3cccc4c3ncn4C)CSC12)c1nc(N)sc1Cl)C(=O)O. The number of halogens is 1. The number of pyridine rings is 1. The Morgan fingerprint density at radius 1 is 1.39 bits per heavy atom. The number of rotatable bonds is 9. The molecule has 5 N–H and O–H groups in total. The van der Waals surface area contributed by atoms with Crippen LogP contribution in [0.15, 0.2) is 41.1 Å². The first-order valence-electron chi connectivity index (χ1n) is 11.9. The van der Waals surface area contributed by atoms with Gasteiger partial charge in [-0.15, -0.1) is 11.8 Å². The summed E-state index contributed by atoms with van der Waals surface area (Å²) in [7, 11) is 1.85. The van der Waals surface area contributed by atoms with E-state index in [0.29, 0.717) is 11.2 Å². The lowest BCUT2D eigenvalue weighted by Gasteiger charge is -2.49. The van der Waals surface area contributed by atoms with E-state index < -0.39 is 47.0 Å². The molecular weight excluding hydrogens is 600 g/mol. The van der Waals surface area contributed by atoms with Crippen LogP contribution < -0.4 is 15.6 Å². The summed E-state index contributed by atoms with van der Waals surface area (Å²) in [4.78, 5) is 64.3. The van der Waals surface area contributed by atoms with E-state index in [0.717, 1.165) is 21.8 Å². The highest BCUT2D eigenvalue weighted by Gasteiger charge is 2.54. The average Bonchev–Trinajstić information content (AvgIpc) is 3.47. The van der Waals surface area contributed by atoms with Gasteiger partial charge in [-0.25, -0.2) is 19.1 Å². The van der Waals surface area contributed by atoms with Crippen molar-refractivity contribution in [3.63, 3.8) is 0 Å². The van der Waals surface area contributed by atoms with Gasteiger partial charge < -0.3 is 30.7 Å². The summed E-state index contributed by atoms with van der Waals surface area (Å²) in [5, 5.41) is 24.6. The number of thiazole rings is 1. The van der Waals surface area contributed by atoms with Crippen LogP contribution in [0.3, 0.4) is 0 Å². The fourth-order valence-electron chi connectivity index (χ4n) is 4.33. The van der Waals surface area contributed by atoms with E-state index in [1.54, 1.807) is 12.5 Å². The van der Waals surface area contributed by atoms with Crippen LogP contribution in [0.4, 0.5) is 5.13 Å². The van der Waals surface area contributed by atoms with Crippen molar-refractivity contribution in [3.05, 3.63) is 46.0 Å². The second-order valence-corrected chi connectivity index (χ2v) is 11.8. The van der Waals surface area contributed by atoms with Gasteiger partial charge in [0.1, 0.15) is 39.2 Å². The second-order valence-electron chi connectivity index (χ2n) is 9.02. The third kappa shape index (κ3) is 5.18. The molecule has 1 saturated heterocycles. The first kappa shape index (κ1) is 28.3. The number of amides is 2. The van der Waals surface area contributed by atoms with Gasteiger partial charge in [-0.2, -0.15) is 0 Å². The van der Waals surface area contributed by atoms with Crippen molar-refractivity contribution in [3.8, 4) is 0 Å². The number of hydrogen-bond donors (Lipinski definition) is 4. The van der Waals surface area contributed by atoms with Crippen LogP contribution in [-0.2, 0) is 37.6 Å². The molecule has 3 aromatic heterocycles. The predicted octanol–water partition coefficient (Wildman–Crippen LogP) is 0.186. The molecule has 0 radical (unpaired) electrons. The van der Waals surface area contributed by atoms with E-state index in [1.165, 1.54) is 18.7 Å². The molecule has 15 nitrogen and oxygen atoms in total. The normalized spacial score (nSPS) is 19.5. The Labute approximate surface area is 244 Å². The maximum atomic E-state index is 13.2. The van der Waals surface area contributed by atoms with Crippen molar-refractivity contribution < 1.29 is 38.8 Å². The summed E-state index contributed by atoms with van der Waals surface area (Å²) in [6, 6.07) is 2.61. The fraction of sp³-hybridized carbons (Fsp3) is 0.304. The number of β-lactam (4-membered cyclic amide) rings is 1. The van der Waals surface area contributed by atoms with Gasteiger partial charge in [0.05, 0.1) is 6.20 Å². The Balaban J connectivity index is 1.39. The number of aromatic nitrogens is 4. The molecule has 5 rings (SSSR count). The summed E-state index contributed by atoms with van der Waals surface area (Å²) in [5.74, 6) is -3.91. The number of imidazole rings is 1. The number of aryl methyl sites for hydroxylation is 1. The van der Waals surface area contributed by atoms with Crippen LogP contribution in [0.1, 0.15) is 12.6 Å². The minimum Gasteiger partial charge on any atom is -0.478 e. The van der Waals surface area contributed by atoms with Gasteiger partial charge >= 0.3 is 17.6 Å². The van der Waals surface area contributed by atoms with Gasteiger partial charge in [0.15, 0.2) is 10.8 Å². The van der Waals surface area contributed by atoms with Crippen molar-refractivity contribution >= 4 is 80.5 Å². The highest BCUT2D eigenvalue weighted by molar-refractivity contribution is 8.00. The Bertz CT molecular complexity index is 1670. The Morgan fingerprint density at radius 3 is 2.80 bits per heavy atom. The zero-order valence-corrected chi connectivity index (χ0v) is 23.7. The third-order valence-corrected chi connectivity index (χ3v) is 8.77. The predicted molar refractivity (Wildman–Crippen MR) is 147 cm³/mol. The summed E-state index contributed by atoms with van der Waals surface area (Å²) >= 11 is 8.29. The van der Waals surface area contributed by atoms with Gasteiger partial charge in [0, 0.05) is 18.4 Å². The highest BCUT2D eigenvalue weighted by Crippen LogP contribution is 2.40. The standard InChI is InChI=1S/C23H21ClN8O7S2/c1-9(21(35)36)39-29-13(12-16(24)41-23(25)28-12)18(33)27-14-19(34)32-15(22(37)38)10(7-40-20(14)32)6-31-5-3-4-11-17(31)26-8-30(11)2/h3-5,8-9,14,20H,6-7H2,1-2H3,(H4-,25,27,28,33,35,36,37,38)/p+1/t9-,14?,20?/m0/s1. The molecule has 3 aromatic rings.